The number of unbranched alkanes of at least 4 members (excludes halogenated alkanes) is 15. The molecule has 10 nitrogen and oxygen atoms in total. The molecule has 0 saturated carbocycles. The van der Waals surface area contributed by atoms with Gasteiger partial charge >= 0.3 is 7.60 Å². The summed E-state index contributed by atoms with van der Waals surface area (Å²) in [5.41, 5.74) is 6.95. The van der Waals surface area contributed by atoms with Crippen LogP contribution in [-0.4, -0.2) is 55.0 Å². The zero-order valence-corrected chi connectivity index (χ0v) is 28.6. The van der Waals surface area contributed by atoms with E-state index in [1.807, 2.05) is 17.7 Å². The second-order valence-corrected chi connectivity index (χ2v) is 15.3. The minimum absolute atomic E-state index is 0. The summed E-state index contributed by atoms with van der Waals surface area (Å²) in [5, 5.41) is 0. The highest BCUT2D eigenvalue weighted by molar-refractivity contribution is 8.76. The van der Waals surface area contributed by atoms with Gasteiger partial charge in [-0.3, -0.25) is 4.57 Å². The third kappa shape index (κ3) is 18.0. The lowest BCUT2D eigenvalue weighted by molar-refractivity contribution is 0.0724. The molecule has 0 aliphatic heterocycles. The maximum Gasteiger partial charge on any atom is 0.353 e. The molecular weight excluding hydrogens is 591 g/mol. The molecule has 0 aromatic carbocycles. The van der Waals surface area contributed by atoms with Gasteiger partial charge in [-0.2, -0.15) is 0 Å². The summed E-state index contributed by atoms with van der Waals surface area (Å²) >= 11 is 0. The largest absolute Gasteiger partial charge is 0.382 e. The number of anilines is 1. The first kappa shape index (κ1) is 39.1. The molecule has 0 bridgehead atoms. The number of imidazole rings is 1. The van der Waals surface area contributed by atoms with Crippen molar-refractivity contribution in [2.45, 2.75) is 129 Å². The van der Waals surface area contributed by atoms with Crippen molar-refractivity contribution >= 4 is 46.2 Å². The highest BCUT2D eigenvalue weighted by Gasteiger charge is 2.21. The van der Waals surface area contributed by atoms with E-state index in [9.17, 15) is 9.46 Å². The van der Waals surface area contributed by atoms with Crippen LogP contribution >= 0.6 is 29.2 Å². The topological polar surface area (TPSA) is 160 Å². The fourth-order valence-electron chi connectivity index (χ4n) is 4.66. The number of nitrogens with zero attached hydrogens (tertiary/aromatic N) is 4. The number of nitrogen functional groups attached to an aromatic ring is 1. The Bertz CT molecular complexity index is 987. The van der Waals surface area contributed by atoms with E-state index in [1.54, 1.807) is 21.7 Å². The predicted molar refractivity (Wildman–Crippen MR) is 180 cm³/mol. The zero-order chi connectivity index (χ0) is 29.6. The summed E-state index contributed by atoms with van der Waals surface area (Å²) in [6.07, 6.45) is 24.4. The minimum atomic E-state index is -3.80. The maximum absolute atomic E-state index is 12.3. The number of hydrogen-bond acceptors (Lipinski definition) is 10. The standard InChI is InChI=1S/C29H54N5O4PS2.H3N/c1-3-4-5-6-7-8-9-10-11-12-13-14-15-16-17-18-20-40-41-21-19-38-39(35,36)25-37-26(2)22-34-24-33-27-28(30)31-23-32-29(27)34;/h23-24,26H,3-22,25H2,1-2H3,(H,35,36)(H2,30,31,32);1H3/t26-;/m1./s1. The maximum atomic E-state index is 12.3. The van der Waals surface area contributed by atoms with Crippen LogP contribution in [0.2, 0.25) is 0 Å². The first-order valence-electron chi connectivity index (χ1n) is 15.7. The molecule has 0 fully saturated rings. The summed E-state index contributed by atoms with van der Waals surface area (Å²) in [5.74, 6) is 2.10. The second-order valence-electron chi connectivity index (χ2n) is 10.9. The molecule has 2 aromatic rings. The molecule has 6 N–H and O–H groups in total. The Morgan fingerprint density at radius 2 is 1.43 bits per heavy atom. The van der Waals surface area contributed by atoms with Crippen molar-refractivity contribution < 1.29 is 18.7 Å². The molecule has 244 valence electrons. The van der Waals surface area contributed by atoms with Gasteiger partial charge in [-0.25, -0.2) is 15.0 Å². The molecule has 2 rings (SSSR count). The third-order valence-electron chi connectivity index (χ3n) is 7.03. The molecule has 2 atom stereocenters. The number of aromatic nitrogens is 4. The van der Waals surface area contributed by atoms with E-state index < -0.39 is 7.60 Å². The highest BCUT2D eigenvalue weighted by atomic mass is 33.1. The van der Waals surface area contributed by atoms with Gasteiger partial charge in [0.25, 0.3) is 0 Å². The quantitative estimate of drug-likeness (QED) is 0.0482. The third-order valence-corrected chi connectivity index (χ3v) is 10.5. The van der Waals surface area contributed by atoms with E-state index >= 15 is 0 Å². The summed E-state index contributed by atoms with van der Waals surface area (Å²) in [4.78, 5) is 22.4. The average Bonchev–Trinajstić information content (AvgIpc) is 3.36. The molecule has 2 aromatic heterocycles. The van der Waals surface area contributed by atoms with Crippen LogP contribution in [0.4, 0.5) is 5.82 Å². The monoisotopic (exact) mass is 648 g/mol. The number of fused-ring (bicyclic) bond motifs is 1. The van der Waals surface area contributed by atoms with Gasteiger partial charge in [0.2, 0.25) is 0 Å². The van der Waals surface area contributed by atoms with Crippen molar-refractivity contribution in [3.63, 3.8) is 0 Å². The lowest BCUT2D eigenvalue weighted by Gasteiger charge is -2.17. The molecule has 0 aliphatic rings. The number of nitrogens with two attached hydrogens (primary N) is 1. The Morgan fingerprint density at radius 1 is 0.881 bits per heavy atom. The van der Waals surface area contributed by atoms with Gasteiger partial charge in [0, 0.05) is 11.5 Å². The van der Waals surface area contributed by atoms with Crippen molar-refractivity contribution in [2.24, 2.45) is 0 Å². The normalized spacial score (nSPS) is 13.7. The van der Waals surface area contributed by atoms with Crippen LogP contribution in [0.5, 0.6) is 0 Å². The van der Waals surface area contributed by atoms with Crippen LogP contribution in [0.15, 0.2) is 12.7 Å². The molecule has 2 heterocycles. The molecular formula is C29H57N6O4PS2. The van der Waals surface area contributed by atoms with Crippen LogP contribution in [0.25, 0.3) is 11.2 Å². The minimum Gasteiger partial charge on any atom is -0.382 e. The van der Waals surface area contributed by atoms with E-state index in [0.29, 0.717) is 29.3 Å². The first-order valence-corrected chi connectivity index (χ1v) is 19.9. The Balaban J connectivity index is 0.00000882. The Labute approximate surface area is 262 Å². The number of ether oxygens (including phenoxy) is 1. The molecule has 0 aliphatic carbocycles. The van der Waals surface area contributed by atoms with E-state index in [-0.39, 0.29) is 25.2 Å². The number of rotatable bonds is 27. The first-order chi connectivity index (χ1) is 19.9. The van der Waals surface area contributed by atoms with E-state index in [4.69, 9.17) is 15.0 Å². The average molecular weight is 649 g/mol. The van der Waals surface area contributed by atoms with Crippen LogP contribution in [0, 0.1) is 0 Å². The Morgan fingerprint density at radius 3 is 2.02 bits per heavy atom. The van der Waals surface area contributed by atoms with Gasteiger partial charge in [0.15, 0.2) is 11.5 Å². The van der Waals surface area contributed by atoms with Gasteiger partial charge in [-0.15, -0.1) is 0 Å². The fourth-order valence-corrected chi connectivity index (χ4v) is 7.65. The van der Waals surface area contributed by atoms with Crippen molar-refractivity contribution in [2.75, 3.05) is 30.2 Å². The van der Waals surface area contributed by atoms with Crippen LogP contribution < -0.4 is 11.9 Å². The lowest BCUT2D eigenvalue weighted by atomic mass is 10.0. The fraction of sp³-hybridized carbons (Fsp3) is 0.828. The van der Waals surface area contributed by atoms with Gasteiger partial charge < -0.3 is 30.6 Å². The van der Waals surface area contributed by atoms with Crippen molar-refractivity contribution in [3.05, 3.63) is 12.7 Å². The Kier molecular flexibility index (Phi) is 22.8. The molecule has 13 heteroatoms. The second kappa shape index (κ2) is 24.4. The smallest absolute Gasteiger partial charge is 0.353 e. The molecule has 0 spiro atoms. The van der Waals surface area contributed by atoms with E-state index in [0.717, 1.165) is 5.75 Å². The van der Waals surface area contributed by atoms with Crippen molar-refractivity contribution in [1.29, 1.82) is 0 Å². The van der Waals surface area contributed by atoms with E-state index in [1.165, 1.54) is 109 Å². The van der Waals surface area contributed by atoms with E-state index in [2.05, 4.69) is 21.9 Å². The van der Waals surface area contributed by atoms with Crippen LogP contribution in [0.1, 0.15) is 117 Å². The zero-order valence-electron chi connectivity index (χ0n) is 26.1. The number of hydrogen-bond donors (Lipinski definition) is 3. The highest BCUT2D eigenvalue weighted by Crippen LogP contribution is 2.42. The summed E-state index contributed by atoms with van der Waals surface area (Å²) in [6.45, 7) is 4.74. The lowest BCUT2D eigenvalue weighted by Crippen LogP contribution is -2.17. The van der Waals surface area contributed by atoms with Crippen LogP contribution in [-0.2, 0) is 20.4 Å². The van der Waals surface area contributed by atoms with Gasteiger partial charge in [0.05, 0.1) is 25.6 Å². The predicted octanol–water partition coefficient (Wildman–Crippen LogP) is 8.78. The summed E-state index contributed by atoms with van der Waals surface area (Å²) in [6, 6.07) is 0. The Hall–Kier alpha value is -0.880. The molecule has 0 saturated heterocycles. The summed E-state index contributed by atoms with van der Waals surface area (Å²) < 4.78 is 24.9. The van der Waals surface area contributed by atoms with Gasteiger partial charge in [-0.05, 0) is 13.3 Å². The molecule has 0 radical (unpaired) electrons. The van der Waals surface area contributed by atoms with Gasteiger partial charge in [-0.1, -0.05) is 125 Å². The molecule has 0 amide bonds. The molecule has 42 heavy (non-hydrogen) atoms. The summed E-state index contributed by atoms with van der Waals surface area (Å²) in [7, 11) is -0.287. The van der Waals surface area contributed by atoms with Crippen molar-refractivity contribution in [3.8, 4) is 0 Å². The SMILES string of the molecule is CCCCCCCCCCCCCCCCCCSSCCOP(=O)(O)CO[C@H](C)Cn1cnc2c(N)ncnc21.N. The van der Waals surface area contributed by atoms with Crippen molar-refractivity contribution in [1.82, 2.24) is 25.7 Å². The van der Waals surface area contributed by atoms with Crippen LogP contribution in [0.3, 0.4) is 0 Å². The molecule has 1 unspecified atom stereocenters. The van der Waals surface area contributed by atoms with Gasteiger partial charge in [0.1, 0.15) is 18.2 Å².